The highest BCUT2D eigenvalue weighted by atomic mass is 79.9. The van der Waals surface area contributed by atoms with E-state index in [9.17, 15) is 17.2 Å². The number of pyridine rings is 1. The van der Waals surface area contributed by atoms with Crippen LogP contribution in [0.15, 0.2) is 21.6 Å². The van der Waals surface area contributed by atoms with Crippen molar-refractivity contribution in [2.75, 3.05) is 12.0 Å². The number of hydrogen-bond donors (Lipinski definition) is 3. The topological polar surface area (TPSA) is 97.1 Å². The van der Waals surface area contributed by atoms with Gasteiger partial charge in [0.25, 0.3) is 6.43 Å². The summed E-state index contributed by atoms with van der Waals surface area (Å²) in [7, 11) is -4.09. The quantitative estimate of drug-likeness (QED) is 0.544. The van der Waals surface area contributed by atoms with Gasteiger partial charge < -0.3 is 5.43 Å². The molecule has 0 amide bonds. The van der Waals surface area contributed by atoms with Gasteiger partial charge in [0.15, 0.2) is 5.82 Å². The fraction of sp³-hybridized carbons (Fsp3) is 0.286. The second-order valence-corrected chi connectivity index (χ2v) is 5.54. The van der Waals surface area contributed by atoms with Crippen molar-refractivity contribution in [1.29, 1.82) is 0 Å². The number of aromatic nitrogens is 1. The molecule has 17 heavy (non-hydrogen) atoms. The number of nitrogen functional groups attached to an aromatic ring is 1. The van der Waals surface area contributed by atoms with E-state index in [-0.39, 0.29) is 10.7 Å². The maximum Gasteiger partial charge on any atom is 0.251 e. The van der Waals surface area contributed by atoms with Crippen molar-refractivity contribution in [3.05, 3.63) is 16.7 Å². The van der Waals surface area contributed by atoms with Gasteiger partial charge in [-0.05, 0) is 22.0 Å². The minimum atomic E-state index is -4.09. The summed E-state index contributed by atoms with van der Waals surface area (Å²) in [5.74, 6) is 4.96. The SMILES string of the molecule is NNc1ncc(Br)cc1S(=O)(=O)NCC(F)F. The molecule has 0 atom stereocenters. The number of rotatable bonds is 5. The fourth-order valence-corrected chi connectivity index (χ4v) is 2.62. The van der Waals surface area contributed by atoms with Gasteiger partial charge >= 0.3 is 0 Å². The predicted octanol–water partition coefficient (Wildman–Crippen LogP) is 0.673. The number of halogens is 3. The molecule has 10 heteroatoms. The molecule has 0 spiro atoms. The fourth-order valence-electron chi connectivity index (χ4n) is 0.984. The third kappa shape index (κ3) is 3.84. The van der Waals surface area contributed by atoms with Crippen LogP contribution in [0.2, 0.25) is 0 Å². The van der Waals surface area contributed by atoms with Crippen LogP contribution in [-0.2, 0) is 10.0 Å². The van der Waals surface area contributed by atoms with E-state index in [4.69, 9.17) is 5.84 Å². The van der Waals surface area contributed by atoms with E-state index >= 15 is 0 Å². The molecule has 0 radical (unpaired) electrons. The molecule has 0 saturated heterocycles. The van der Waals surface area contributed by atoms with Crippen LogP contribution in [0.5, 0.6) is 0 Å². The second-order valence-electron chi connectivity index (χ2n) is 2.89. The molecule has 4 N–H and O–H groups in total. The van der Waals surface area contributed by atoms with Gasteiger partial charge in [-0.25, -0.2) is 32.7 Å². The first-order valence-corrected chi connectivity index (χ1v) is 6.54. The molecule has 1 aromatic heterocycles. The van der Waals surface area contributed by atoms with Crippen LogP contribution in [0.25, 0.3) is 0 Å². The zero-order valence-electron chi connectivity index (χ0n) is 8.32. The number of nitrogens with one attached hydrogen (secondary N) is 2. The van der Waals surface area contributed by atoms with Gasteiger partial charge in [0.2, 0.25) is 10.0 Å². The lowest BCUT2D eigenvalue weighted by Gasteiger charge is -2.10. The van der Waals surface area contributed by atoms with Crippen LogP contribution >= 0.6 is 15.9 Å². The van der Waals surface area contributed by atoms with E-state index in [1.807, 2.05) is 0 Å². The molecule has 96 valence electrons. The minimum absolute atomic E-state index is 0.130. The Morgan fingerprint density at radius 2 is 2.18 bits per heavy atom. The number of anilines is 1. The van der Waals surface area contributed by atoms with Gasteiger partial charge in [-0.1, -0.05) is 0 Å². The monoisotopic (exact) mass is 330 g/mol. The molecule has 0 aliphatic heterocycles. The average Bonchev–Trinajstić information content (AvgIpc) is 2.26. The van der Waals surface area contributed by atoms with E-state index in [2.05, 4.69) is 26.3 Å². The van der Waals surface area contributed by atoms with Crippen molar-refractivity contribution in [2.24, 2.45) is 5.84 Å². The van der Waals surface area contributed by atoms with Crippen molar-refractivity contribution >= 4 is 31.8 Å². The summed E-state index contributed by atoms with van der Waals surface area (Å²) in [6.07, 6.45) is -1.46. The number of sulfonamides is 1. The first-order valence-electron chi connectivity index (χ1n) is 4.27. The van der Waals surface area contributed by atoms with Crippen LogP contribution in [0, 0.1) is 0 Å². The van der Waals surface area contributed by atoms with E-state index in [1.165, 1.54) is 12.3 Å². The normalized spacial score (nSPS) is 11.8. The van der Waals surface area contributed by atoms with Gasteiger partial charge in [-0.3, -0.25) is 0 Å². The van der Waals surface area contributed by atoms with Crippen molar-refractivity contribution in [3.8, 4) is 0 Å². The summed E-state index contributed by atoms with van der Waals surface area (Å²) in [5, 5.41) is 0. The largest absolute Gasteiger partial charge is 0.307 e. The van der Waals surface area contributed by atoms with Gasteiger partial charge in [-0.15, -0.1) is 0 Å². The van der Waals surface area contributed by atoms with Crippen LogP contribution < -0.4 is 16.0 Å². The Kier molecular flexibility index (Phi) is 4.74. The van der Waals surface area contributed by atoms with Crippen molar-refractivity contribution < 1.29 is 17.2 Å². The molecule has 0 saturated carbocycles. The van der Waals surface area contributed by atoms with Gasteiger partial charge in [0, 0.05) is 10.7 Å². The molecule has 0 aliphatic carbocycles. The average molecular weight is 331 g/mol. The molecule has 6 nitrogen and oxygen atoms in total. The van der Waals surface area contributed by atoms with Crippen LogP contribution in [0.3, 0.4) is 0 Å². The Balaban J connectivity index is 3.09. The summed E-state index contributed by atoms with van der Waals surface area (Å²) in [6, 6.07) is 1.20. The zero-order chi connectivity index (χ0) is 13.1. The lowest BCUT2D eigenvalue weighted by atomic mass is 10.5. The van der Waals surface area contributed by atoms with E-state index < -0.39 is 23.0 Å². The van der Waals surface area contributed by atoms with Crippen LogP contribution in [0.1, 0.15) is 0 Å². The number of nitrogens with two attached hydrogens (primary N) is 1. The Bertz CT molecular complexity index is 497. The summed E-state index contributed by atoms with van der Waals surface area (Å²) < 4.78 is 49.4. The van der Waals surface area contributed by atoms with Crippen molar-refractivity contribution in [2.45, 2.75) is 11.3 Å². The van der Waals surface area contributed by atoms with Crippen molar-refractivity contribution in [3.63, 3.8) is 0 Å². The Morgan fingerprint density at radius 1 is 1.53 bits per heavy atom. The first-order chi connectivity index (χ1) is 7.86. The second kappa shape index (κ2) is 5.67. The molecule has 0 fully saturated rings. The van der Waals surface area contributed by atoms with Gasteiger partial charge in [0.1, 0.15) is 4.90 Å². The minimum Gasteiger partial charge on any atom is -0.307 e. The molecule has 1 rings (SSSR count). The molecule has 1 heterocycles. The number of hydrazine groups is 1. The Hall–Kier alpha value is -0.840. The van der Waals surface area contributed by atoms with Crippen LogP contribution in [-0.4, -0.2) is 26.4 Å². The molecular formula is C7H9BrF2N4O2S. The smallest absolute Gasteiger partial charge is 0.251 e. The third-order valence-corrected chi connectivity index (χ3v) is 3.54. The lowest BCUT2D eigenvalue weighted by molar-refractivity contribution is 0.153. The highest BCUT2D eigenvalue weighted by Crippen LogP contribution is 2.21. The zero-order valence-corrected chi connectivity index (χ0v) is 10.7. The molecule has 0 aromatic carbocycles. The Morgan fingerprint density at radius 3 is 2.71 bits per heavy atom. The maximum atomic E-state index is 12.0. The van der Waals surface area contributed by atoms with E-state index in [0.29, 0.717) is 4.47 Å². The number of hydrogen-bond acceptors (Lipinski definition) is 5. The van der Waals surface area contributed by atoms with Crippen molar-refractivity contribution in [1.82, 2.24) is 9.71 Å². The molecular weight excluding hydrogens is 322 g/mol. The molecule has 1 aromatic rings. The first kappa shape index (κ1) is 14.2. The van der Waals surface area contributed by atoms with Crippen LogP contribution in [0.4, 0.5) is 14.6 Å². The van der Waals surface area contributed by atoms with Gasteiger partial charge in [-0.2, -0.15) is 0 Å². The number of alkyl halides is 2. The summed E-state index contributed by atoms with van der Waals surface area (Å²) in [4.78, 5) is 3.39. The summed E-state index contributed by atoms with van der Waals surface area (Å²) >= 11 is 3.03. The molecule has 0 bridgehead atoms. The third-order valence-electron chi connectivity index (χ3n) is 1.67. The Labute approximate surface area is 105 Å². The molecule has 0 unspecified atom stereocenters. The summed E-state index contributed by atoms with van der Waals surface area (Å²) in [5.41, 5.74) is 2.08. The van der Waals surface area contributed by atoms with E-state index in [0.717, 1.165) is 0 Å². The standard InChI is InChI=1S/C7H9BrF2N4O2S/c8-4-1-5(7(14-11)12-2-4)17(15,16)13-3-6(9)10/h1-2,6,13H,3,11H2,(H,12,14). The lowest BCUT2D eigenvalue weighted by Crippen LogP contribution is -2.30. The molecule has 0 aliphatic rings. The summed E-state index contributed by atoms with van der Waals surface area (Å²) in [6.45, 7) is -0.973. The van der Waals surface area contributed by atoms with E-state index in [1.54, 1.807) is 4.72 Å². The highest BCUT2D eigenvalue weighted by Gasteiger charge is 2.21. The maximum absolute atomic E-state index is 12.0. The highest BCUT2D eigenvalue weighted by molar-refractivity contribution is 9.10. The predicted molar refractivity (Wildman–Crippen MR) is 60.9 cm³/mol. The van der Waals surface area contributed by atoms with Gasteiger partial charge in [0.05, 0.1) is 6.54 Å². The number of nitrogens with zero attached hydrogens (tertiary/aromatic N) is 1.